The molecule has 2 N–H and O–H groups in total. The molecule has 0 radical (unpaired) electrons. The molecular weight excluding hydrogens is 246 g/mol. The third-order valence-electron chi connectivity index (χ3n) is 3.87. The van der Waals surface area contributed by atoms with Gasteiger partial charge in [-0.15, -0.1) is 6.58 Å². The van der Waals surface area contributed by atoms with Crippen LogP contribution in [0.25, 0.3) is 0 Å². The second-order valence-corrected chi connectivity index (χ2v) is 5.68. The molecule has 0 bridgehead atoms. The Morgan fingerprint density at radius 2 is 2.33 bits per heavy atom. The first-order chi connectivity index (χ1) is 8.49. The highest BCUT2D eigenvalue weighted by Crippen LogP contribution is 2.44. The van der Waals surface area contributed by atoms with Gasteiger partial charge in [0.25, 0.3) is 0 Å². The van der Waals surface area contributed by atoms with E-state index in [2.05, 4.69) is 13.5 Å². The number of aryl methyl sites for hydroxylation is 1. The van der Waals surface area contributed by atoms with E-state index < -0.39 is 0 Å². The highest BCUT2D eigenvalue weighted by molar-refractivity contribution is 6.32. The number of hydrogen-bond donors (Lipinski definition) is 1. The summed E-state index contributed by atoms with van der Waals surface area (Å²) in [5.74, 6) is 1.08. The van der Waals surface area contributed by atoms with Crippen LogP contribution in [0, 0.1) is 0 Å². The topological polar surface area (TPSA) is 35.2 Å². The Balaban J connectivity index is 2.41. The van der Waals surface area contributed by atoms with E-state index in [1.807, 2.05) is 18.2 Å². The number of fused-ring (bicyclic) bond motifs is 1. The molecule has 1 aliphatic carbocycles. The van der Waals surface area contributed by atoms with E-state index in [4.69, 9.17) is 22.1 Å². The number of ether oxygens (including phenoxy) is 1. The van der Waals surface area contributed by atoms with Crippen LogP contribution in [0.1, 0.15) is 36.8 Å². The van der Waals surface area contributed by atoms with Crippen LogP contribution in [0.5, 0.6) is 5.75 Å². The smallest absolute Gasteiger partial charge is 0.137 e. The summed E-state index contributed by atoms with van der Waals surface area (Å²) in [6.07, 6.45) is 4.81. The Morgan fingerprint density at radius 3 is 2.94 bits per heavy atom. The predicted octanol–water partition coefficient (Wildman–Crippen LogP) is 3.67. The number of halogens is 1. The Morgan fingerprint density at radius 1 is 1.61 bits per heavy atom. The highest BCUT2D eigenvalue weighted by Gasteiger charge is 2.35. The van der Waals surface area contributed by atoms with E-state index in [9.17, 15) is 0 Å². The van der Waals surface area contributed by atoms with E-state index in [0.717, 1.165) is 25.0 Å². The molecule has 98 valence electrons. The molecule has 0 saturated heterocycles. The number of methoxy groups -OCH3 is 1. The lowest BCUT2D eigenvalue weighted by Gasteiger charge is -2.31. The summed E-state index contributed by atoms with van der Waals surface area (Å²) in [5, 5.41) is 0.680. The third-order valence-corrected chi connectivity index (χ3v) is 4.17. The average molecular weight is 266 g/mol. The fourth-order valence-corrected chi connectivity index (χ4v) is 3.16. The van der Waals surface area contributed by atoms with Gasteiger partial charge >= 0.3 is 0 Å². The molecule has 0 heterocycles. The van der Waals surface area contributed by atoms with Crippen LogP contribution in [0.2, 0.25) is 5.02 Å². The van der Waals surface area contributed by atoms with Gasteiger partial charge in [0.1, 0.15) is 5.75 Å². The first-order valence-corrected chi connectivity index (χ1v) is 6.63. The molecular formula is C15H20ClNO. The van der Waals surface area contributed by atoms with Gasteiger partial charge in [-0.2, -0.15) is 0 Å². The van der Waals surface area contributed by atoms with E-state index in [-0.39, 0.29) is 5.54 Å². The van der Waals surface area contributed by atoms with Gasteiger partial charge in [-0.05, 0) is 49.4 Å². The SMILES string of the molecule is C=CCC(C)(N)C1CCc2cc(Cl)c(OC)cc21. The minimum atomic E-state index is -0.258. The maximum Gasteiger partial charge on any atom is 0.137 e. The molecule has 1 aromatic rings. The number of rotatable bonds is 4. The summed E-state index contributed by atoms with van der Waals surface area (Å²) in [5.41, 5.74) is 8.75. The van der Waals surface area contributed by atoms with Crippen LogP contribution >= 0.6 is 11.6 Å². The van der Waals surface area contributed by atoms with Gasteiger partial charge in [0.15, 0.2) is 0 Å². The molecule has 0 aromatic heterocycles. The molecule has 2 unspecified atom stereocenters. The quantitative estimate of drug-likeness (QED) is 0.843. The third kappa shape index (κ3) is 2.27. The van der Waals surface area contributed by atoms with Gasteiger partial charge in [-0.25, -0.2) is 0 Å². The second kappa shape index (κ2) is 4.94. The Kier molecular flexibility index (Phi) is 3.69. The molecule has 0 fully saturated rings. The lowest BCUT2D eigenvalue weighted by Crippen LogP contribution is -2.41. The normalized spacial score (nSPS) is 21.2. The monoisotopic (exact) mass is 265 g/mol. The van der Waals surface area contributed by atoms with Crippen molar-refractivity contribution in [3.8, 4) is 5.75 Å². The van der Waals surface area contributed by atoms with Crippen molar-refractivity contribution in [1.29, 1.82) is 0 Å². The van der Waals surface area contributed by atoms with Crippen LogP contribution < -0.4 is 10.5 Å². The van der Waals surface area contributed by atoms with E-state index >= 15 is 0 Å². The fraction of sp³-hybridized carbons (Fsp3) is 0.467. The van der Waals surface area contributed by atoms with Crippen molar-refractivity contribution in [3.63, 3.8) is 0 Å². The van der Waals surface area contributed by atoms with Crippen LogP contribution in [0.4, 0.5) is 0 Å². The summed E-state index contributed by atoms with van der Waals surface area (Å²) in [7, 11) is 1.64. The molecule has 1 aromatic carbocycles. The standard InChI is InChI=1S/C15H20ClNO/c1-4-7-15(2,17)12-6-5-10-8-13(16)14(18-3)9-11(10)12/h4,8-9,12H,1,5-7,17H2,2-3H3. The molecule has 2 rings (SSSR count). The molecule has 18 heavy (non-hydrogen) atoms. The zero-order valence-electron chi connectivity index (χ0n) is 11.0. The molecule has 3 heteroatoms. The average Bonchev–Trinajstić information content (AvgIpc) is 2.71. The summed E-state index contributed by atoms with van der Waals surface area (Å²) in [4.78, 5) is 0. The van der Waals surface area contributed by atoms with Crippen molar-refractivity contribution in [2.45, 2.75) is 37.6 Å². The molecule has 0 amide bonds. The maximum atomic E-state index is 6.43. The van der Waals surface area contributed by atoms with Crippen molar-refractivity contribution in [2.75, 3.05) is 7.11 Å². The molecule has 1 aliphatic rings. The Hall–Kier alpha value is -0.990. The Bertz CT molecular complexity index is 468. The first-order valence-electron chi connectivity index (χ1n) is 6.25. The Labute approximate surface area is 114 Å². The minimum Gasteiger partial charge on any atom is -0.495 e. The fourth-order valence-electron chi connectivity index (χ4n) is 2.90. The summed E-state index contributed by atoms with van der Waals surface area (Å²) < 4.78 is 5.30. The van der Waals surface area contributed by atoms with Gasteiger partial charge in [0, 0.05) is 11.5 Å². The second-order valence-electron chi connectivity index (χ2n) is 5.28. The molecule has 0 saturated carbocycles. The number of hydrogen-bond acceptors (Lipinski definition) is 2. The van der Waals surface area contributed by atoms with Gasteiger partial charge in [0.05, 0.1) is 12.1 Å². The van der Waals surface area contributed by atoms with Gasteiger partial charge in [-0.3, -0.25) is 0 Å². The van der Waals surface area contributed by atoms with E-state index in [1.165, 1.54) is 11.1 Å². The zero-order chi connectivity index (χ0) is 13.3. The van der Waals surface area contributed by atoms with Gasteiger partial charge < -0.3 is 10.5 Å². The van der Waals surface area contributed by atoms with Crippen molar-refractivity contribution in [1.82, 2.24) is 0 Å². The highest BCUT2D eigenvalue weighted by atomic mass is 35.5. The van der Waals surface area contributed by atoms with Crippen LogP contribution in [-0.2, 0) is 6.42 Å². The number of nitrogens with two attached hydrogens (primary N) is 1. The largest absolute Gasteiger partial charge is 0.495 e. The van der Waals surface area contributed by atoms with Crippen molar-refractivity contribution >= 4 is 11.6 Å². The van der Waals surface area contributed by atoms with E-state index in [0.29, 0.717) is 10.9 Å². The van der Waals surface area contributed by atoms with Gasteiger partial charge in [-0.1, -0.05) is 17.7 Å². The summed E-state index contributed by atoms with van der Waals surface area (Å²) in [6.45, 7) is 5.89. The first kappa shape index (κ1) is 13.4. The van der Waals surface area contributed by atoms with Crippen molar-refractivity contribution in [2.24, 2.45) is 5.73 Å². The molecule has 0 spiro atoms. The van der Waals surface area contributed by atoms with Crippen molar-refractivity contribution < 1.29 is 4.74 Å². The minimum absolute atomic E-state index is 0.258. The lowest BCUT2D eigenvalue weighted by atomic mass is 9.80. The predicted molar refractivity (Wildman–Crippen MR) is 76.5 cm³/mol. The van der Waals surface area contributed by atoms with Crippen LogP contribution in [-0.4, -0.2) is 12.6 Å². The molecule has 0 aliphatic heterocycles. The lowest BCUT2D eigenvalue weighted by molar-refractivity contribution is 0.375. The maximum absolute atomic E-state index is 6.43. The van der Waals surface area contributed by atoms with Gasteiger partial charge in [0.2, 0.25) is 0 Å². The van der Waals surface area contributed by atoms with Crippen LogP contribution in [0.3, 0.4) is 0 Å². The summed E-state index contributed by atoms with van der Waals surface area (Å²) in [6, 6.07) is 4.06. The van der Waals surface area contributed by atoms with E-state index in [1.54, 1.807) is 7.11 Å². The molecule has 2 nitrogen and oxygen atoms in total. The zero-order valence-corrected chi connectivity index (χ0v) is 11.8. The number of benzene rings is 1. The summed E-state index contributed by atoms with van der Waals surface area (Å²) >= 11 is 6.16. The van der Waals surface area contributed by atoms with Crippen LogP contribution in [0.15, 0.2) is 24.8 Å². The van der Waals surface area contributed by atoms with Crippen molar-refractivity contribution in [3.05, 3.63) is 40.9 Å². The molecule has 2 atom stereocenters.